The second-order valence-corrected chi connectivity index (χ2v) is 5.36. The molecule has 114 valence electrons. The fraction of sp³-hybridized carbons (Fsp3) is 0.235. The Balaban J connectivity index is 1.94. The van der Waals surface area contributed by atoms with Gasteiger partial charge >= 0.3 is 0 Å². The van der Waals surface area contributed by atoms with Crippen molar-refractivity contribution < 1.29 is 19.7 Å². The van der Waals surface area contributed by atoms with Crippen molar-refractivity contribution in [2.24, 2.45) is 0 Å². The molecule has 5 nitrogen and oxygen atoms in total. The van der Waals surface area contributed by atoms with Crippen molar-refractivity contribution in [1.29, 1.82) is 0 Å². The van der Waals surface area contributed by atoms with Crippen LogP contribution in [0.3, 0.4) is 0 Å². The molecule has 0 saturated carbocycles. The lowest BCUT2D eigenvalue weighted by Crippen LogP contribution is -2.35. The first-order valence-corrected chi connectivity index (χ1v) is 7.00. The maximum atomic E-state index is 12.2. The largest absolute Gasteiger partial charge is 0.497 e. The summed E-state index contributed by atoms with van der Waals surface area (Å²) < 4.78 is 5.14. The van der Waals surface area contributed by atoms with Gasteiger partial charge in [-0.1, -0.05) is 30.3 Å². The van der Waals surface area contributed by atoms with Crippen LogP contribution in [0.15, 0.2) is 48.5 Å². The molecule has 1 amide bonds. The van der Waals surface area contributed by atoms with E-state index in [1.807, 2.05) is 6.07 Å². The van der Waals surface area contributed by atoms with E-state index in [-0.39, 0.29) is 6.42 Å². The second kappa shape index (κ2) is 5.44. The lowest BCUT2D eigenvalue weighted by molar-refractivity contribution is -0.137. The number of aliphatic hydroxyl groups is 2. The smallest absolute Gasteiger partial charge is 0.261 e. The molecular formula is C17H17NO4. The summed E-state index contributed by atoms with van der Waals surface area (Å²) in [6.45, 7) is 0. The van der Waals surface area contributed by atoms with Crippen LogP contribution in [0.1, 0.15) is 23.7 Å². The molecule has 0 radical (unpaired) electrons. The summed E-state index contributed by atoms with van der Waals surface area (Å²) in [5.41, 5.74) is -0.167. The molecule has 2 atom stereocenters. The van der Waals surface area contributed by atoms with Crippen molar-refractivity contribution in [3.05, 3.63) is 59.7 Å². The van der Waals surface area contributed by atoms with E-state index in [1.54, 1.807) is 42.5 Å². The van der Waals surface area contributed by atoms with Crippen molar-refractivity contribution in [3.8, 4) is 5.75 Å². The van der Waals surface area contributed by atoms with Gasteiger partial charge in [-0.3, -0.25) is 4.79 Å². The average molecular weight is 299 g/mol. The number of fused-ring (bicyclic) bond motifs is 1. The molecule has 2 unspecified atom stereocenters. The van der Waals surface area contributed by atoms with Crippen molar-refractivity contribution in [3.63, 3.8) is 0 Å². The number of benzene rings is 2. The van der Waals surface area contributed by atoms with E-state index < -0.39 is 17.6 Å². The second-order valence-electron chi connectivity index (χ2n) is 5.36. The van der Waals surface area contributed by atoms with E-state index in [9.17, 15) is 15.0 Å². The van der Waals surface area contributed by atoms with Gasteiger partial charge in [0.05, 0.1) is 13.2 Å². The highest BCUT2D eigenvalue weighted by Crippen LogP contribution is 2.43. The van der Waals surface area contributed by atoms with Crippen LogP contribution < -0.4 is 10.1 Å². The summed E-state index contributed by atoms with van der Waals surface area (Å²) in [5, 5.41) is 23.8. The number of methoxy groups -OCH3 is 1. The Morgan fingerprint density at radius 2 is 1.95 bits per heavy atom. The lowest BCUT2D eigenvalue weighted by atomic mass is 9.87. The van der Waals surface area contributed by atoms with Crippen molar-refractivity contribution in [2.45, 2.75) is 18.1 Å². The molecule has 0 aromatic heterocycles. The molecule has 3 N–H and O–H groups in total. The molecule has 1 aliphatic heterocycles. The monoisotopic (exact) mass is 299 g/mol. The Kier molecular flexibility index (Phi) is 3.60. The van der Waals surface area contributed by atoms with Crippen molar-refractivity contribution in [1.82, 2.24) is 0 Å². The van der Waals surface area contributed by atoms with Crippen LogP contribution >= 0.6 is 0 Å². The summed E-state index contributed by atoms with van der Waals surface area (Å²) >= 11 is 0. The fourth-order valence-electron chi connectivity index (χ4n) is 2.73. The maximum absolute atomic E-state index is 12.2. The van der Waals surface area contributed by atoms with Gasteiger partial charge in [0.2, 0.25) is 0 Å². The van der Waals surface area contributed by atoms with E-state index in [4.69, 9.17) is 4.74 Å². The number of hydrogen-bond donors (Lipinski definition) is 3. The third-order valence-electron chi connectivity index (χ3n) is 3.97. The minimum absolute atomic E-state index is 0.122. The van der Waals surface area contributed by atoms with Crippen LogP contribution in [0.25, 0.3) is 0 Å². The molecule has 2 aromatic rings. The molecule has 0 saturated heterocycles. The van der Waals surface area contributed by atoms with Crippen molar-refractivity contribution >= 4 is 11.6 Å². The maximum Gasteiger partial charge on any atom is 0.261 e. The first-order valence-electron chi connectivity index (χ1n) is 7.00. The Labute approximate surface area is 128 Å². The third kappa shape index (κ3) is 2.34. The van der Waals surface area contributed by atoms with Crippen LogP contribution in [-0.2, 0) is 10.4 Å². The highest BCUT2D eigenvalue weighted by atomic mass is 16.5. The first kappa shape index (κ1) is 14.6. The van der Waals surface area contributed by atoms with Crippen LogP contribution in [0.5, 0.6) is 5.75 Å². The Hall–Kier alpha value is -2.37. The molecule has 0 bridgehead atoms. The third-order valence-corrected chi connectivity index (χ3v) is 3.97. The standard InChI is InChI=1S/C17H17NO4/c1-22-12-7-8-14-13(9-12)17(21,16(20)18-14)10-15(19)11-5-3-2-4-6-11/h2-9,15,19,21H,10H2,1H3,(H,18,20). The Morgan fingerprint density at radius 3 is 2.64 bits per heavy atom. The van der Waals surface area contributed by atoms with Crippen LogP contribution in [0.2, 0.25) is 0 Å². The van der Waals surface area contributed by atoms with Crippen LogP contribution in [-0.4, -0.2) is 23.2 Å². The van der Waals surface area contributed by atoms with Gasteiger partial charge in [-0.25, -0.2) is 0 Å². The molecule has 5 heteroatoms. The number of hydrogen-bond acceptors (Lipinski definition) is 4. The number of anilines is 1. The Morgan fingerprint density at radius 1 is 1.23 bits per heavy atom. The van der Waals surface area contributed by atoms with Gasteiger partial charge in [-0.2, -0.15) is 0 Å². The van der Waals surface area contributed by atoms with Gasteiger partial charge in [0.25, 0.3) is 5.91 Å². The molecular weight excluding hydrogens is 282 g/mol. The number of carbonyl (C=O) groups excluding carboxylic acids is 1. The van der Waals surface area contributed by atoms with E-state index >= 15 is 0 Å². The van der Waals surface area contributed by atoms with Gasteiger partial charge in [0, 0.05) is 17.7 Å². The molecule has 0 fully saturated rings. The van der Waals surface area contributed by atoms with Crippen LogP contribution in [0.4, 0.5) is 5.69 Å². The normalized spacial score (nSPS) is 21.1. The quantitative estimate of drug-likeness (QED) is 0.806. The summed E-state index contributed by atoms with van der Waals surface area (Å²) in [4.78, 5) is 12.2. The van der Waals surface area contributed by atoms with E-state index in [0.717, 1.165) is 0 Å². The minimum Gasteiger partial charge on any atom is -0.497 e. The summed E-state index contributed by atoms with van der Waals surface area (Å²) in [6, 6.07) is 14.0. The predicted molar refractivity (Wildman–Crippen MR) is 81.5 cm³/mol. The van der Waals surface area contributed by atoms with Crippen LogP contribution in [0, 0.1) is 0 Å². The van der Waals surface area contributed by atoms with Gasteiger partial charge in [-0.05, 0) is 23.8 Å². The van der Waals surface area contributed by atoms with E-state index in [1.165, 1.54) is 7.11 Å². The number of carbonyl (C=O) groups is 1. The number of nitrogens with one attached hydrogen (secondary N) is 1. The number of amides is 1. The zero-order valence-corrected chi connectivity index (χ0v) is 12.1. The SMILES string of the molecule is COc1ccc2c(c1)C(O)(CC(O)c1ccccc1)C(=O)N2. The number of rotatable bonds is 4. The molecule has 0 spiro atoms. The summed E-state index contributed by atoms with van der Waals surface area (Å²) in [7, 11) is 1.52. The Bertz CT molecular complexity index is 701. The highest BCUT2D eigenvalue weighted by Gasteiger charge is 2.46. The molecule has 0 aliphatic carbocycles. The molecule has 22 heavy (non-hydrogen) atoms. The average Bonchev–Trinajstić information content (AvgIpc) is 2.79. The zero-order valence-electron chi connectivity index (χ0n) is 12.1. The van der Waals surface area contributed by atoms with Gasteiger partial charge in [-0.15, -0.1) is 0 Å². The lowest BCUT2D eigenvalue weighted by Gasteiger charge is -2.24. The zero-order chi connectivity index (χ0) is 15.7. The van der Waals surface area contributed by atoms with Gasteiger partial charge < -0.3 is 20.3 Å². The summed E-state index contributed by atoms with van der Waals surface area (Å²) in [5.74, 6) is 0.00797. The number of ether oxygens (including phenoxy) is 1. The van der Waals surface area contributed by atoms with E-state index in [2.05, 4.69) is 5.32 Å². The molecule has 2 aromatic carbocycles. The first-order chi connectivity index (χ1) is 10.5. The topological polar surface area (TPSA) is 78.8 Å². The minimum atomic E-state index is -1.78. The molecule has 3 rings (SSSR count). The highest BCUT2D eigenvalue weighted by molar-refractivity contribution is 6.05. The van der Waals surface area contributed by atoms with Gasteiger partial charge in [0.1, 0.15) is 5.75 Å². The fourth-order valence-corrected chi connectivity index (χ4v) is 2.73. The van der Waals surface area contributed by atoms with Gasteiger partial charge in [0.15, 0.2) is 5.60 Å². The molecule has 1 aliphatic rings. The summed E-state index contributed by atoms with van der Waals surface area (Å²) in [6.07, 6.45) is -1.07. The van der Waals surface area contributed by atoms with E-state index in [0.29, 0.717) is 22.6 Å². The predicted octanol–water partition coefficient (Wildman–Crippen LogP) is 1.96. The van der Waals surface area contributed by atoms with Crippen molar-refractivity contribution in [2.75, 3.05) is 12.4 Å². The molecule has 1 heterocycles. The number of aliphatic hydroxyl groups excluding tert-OH is 1.